The second-order valence-electron chi connectivity index (χ2n) is 4.38. The molecule has 0 spiro atoms. The molecule has 0 radical (unpaired) electrons. The van der Waals surface area contributed by atoms with Gasteiger partial charge in [0.1, 0.15) is 0 Å². The van der Waals surface area contributed by atoms with Crippen LogP contribution in [0.3, 0.4) is 0 Å². The molecule has 4 nitrogen and oxygen atoms in total. The largest absolute Gasteiger partial charge is 0.349 e. The number of aromatic nitrogens is 3. The van der Waals surface area contributed by atoms with Gasteiger partial charge in [-0.25, -0.2) is 9.97 Å². The zero-order valence-electron chi connectivity index (χ0n) is 10.7. The first kappa shape index (κ1) is 11.6. The first-order valence-corrected chi connectivity index (χ1v) is 6.19. The van der Waals surface area contributed by atoms with E-state index in [1.165, 1.54) is 0 Å². The summed E-state index contributed by atoms with van der Waals surface area (Å²) in [6.07, 6.45) is 1.83. The summed E-state index contributed by atoms with van der Waals surface area (Å²) in [4.78, 5) is 13.2. The highest BCUT2D eigenvalue weighted by Crippen LogP contribution is 2.12. The molecular formula is C15H14N4. The normalized spacial score (nSPS) is 10.6. The number of para-hydroxylation sites is 1. The fourth-order valence-electron chi connectivity index (χ4n) is 1.92. The number of fused-ring (bicyclic) bond motifs is 1. The maximum atomic E-state index is 4.46. The molecule has 3 rings (SSSR count). The molecule has 0 saturated heterocycles. The van der Waals surface area contributed by atoms with Crippen LogP contribution in [0, 0.1) is 6.92 Å². The third-order valence-corrected chi connectivity index (χ3v) is 2.86. The van der Waals surface area contributed by atoms with Crippen molar-refractivity contribution in [3.8, 4) is 0 Å². The number of benzene rings is 1. The van der Waals surface area contributed by atoms with Gasteiger partial charge in [0.15, 0.2) is 0 Å². The molecule has 0 aliphatic heterocycles. The molecule has 0 amide bonds. The molecule has 0 saturated carbocycles. The van der Waals surface area contributed by atoms with Gasteiger partial charge in [0.2, 0.25) is 5.95 Å². The number of nitrogens with zero attached hydrogens (tertiary/aromatic N) is 3. The minimum atomic E-state index is 0.625. The van der Waals surface area contributed by atoms with Gasteiger partial charge in [-0.2, -0.15) is 0 Å². The van der Waals surface area contributed by atoms with Gasteiger partial charge in [0.25, 0.3) is 0 Å². The van der Waals surface area contributed by atoms with E-state index in [-0.39, 0.29) is 0 Å². The summed E-state index contributed by atoms with van der Waals surface area (Å²) in [5, 5.41) is 4.24. The monoisotopic (exact) mass is 250 g/mol. The Labute approximate surface area is 111 Å². The predicted octanol–water partition coefficient (Wildman–Crippen LogP) is 2.95. The molecule has 0 fully saturated rings. The Hall–Kier alpha value is -2.49. The minimum Gasteiger partial charge on any atom is -0.349 e. The highest BCUT2D eigenvalue weighted by atomic mass is 15.1. The minimum absolute atomic E-state index is 0.625. The molecule has 0 unspecified atom stereocenters. The molecular weight excluding hydrogens is 236 g/mol. The maximum Gasteiger partial charge on any atom is 0.223 e. The van der Waals surface area contributed by atoms with Crippen LogP contribution in [0.25, 0.3) is 10.9 Å². The number of hydrogen-bond acceptors (Lipinski definition) is 4. The van der Waals surface area contributed by atoms with Gasteiger partial charge in [-0.1, -0.05) is 24.3 Å². The van der Waals surface area contributed by atoms with Crippen LogP contribution in [0.15, 0.2) is 48.7 Å². The van der Waals surface area contributed by atoms with Gasteiger partial charge in [-0.15, -0.1) is 0 Å². The van der Waals surface area contributed by atoms with Gasteiger partial charge < -0.3 is 5.32 Å². The van der Waals surface area contributed by atoms with Crippen molar-refractivity contribution in [1.29, 1.82) is 0 Å². The maximum absolute atomic E-state index is 4.46. The van der Waals surface area contributed by atoms with Gasteiger partial charge in [0, 0.05) is 17.3 Å². The molecule has 0 aliphatic carbocycles. The lowest BCUT2D eigenvalue weighted by atomic mass is 10.2. The van der Waals surface area contributed by atoms with E-state index in [2.05, 4.69) is 20.3 Å². The first-order chi connectivity index (χ1) is 9.31. The van der Waals surface area contributed by atoms with Crippen LogP contribution < -0.4 is 5.32 Å². The van der Waals surface area contributed by atoms with Crippen LogP contribution in [0.1, 0.15) is 11.4 Å². The molecule has 2 aromatic heterocycles. The van der Waals surface area contributed by atoms with Crippen molar-refractivity contribution in [3.63, 3.8) is 0 Å². The smallest absolute Gasteiger partial charge is 0.223 e. The second kappa shape index (κ2) is 5.02. The molecule has 3 aromatic rings. The van der Waals surface area contributed by atoms with Crippen LogP contribution >= 0.6 is 0 Å². The Kier molecular flexibility index (Phi) is 3.06. The quantitative estimate of drug-likeness (QED) is 0.776. The van der Waals surface area contributed by atoms with E-state index in [1.54, 1.807) is 0 Å². The summed E-state index contributed by atoms with van der Waals surface area (Å²) in [5.41, 5.74) is 2.94. The van der Waals surface area contributed by atoms with Gasteiger partial charge in [0.05, 0.1) is 17.8 Å². The summed E-state index contributed by atoms with van der Waals surface area (Å²) >= 11 is 0. The highest BCUT2D eigenvalue weighted by Gasteiger charge is 2.00. The van der Waals surface area contributed by atoms with E-state index in [1.807, 2.05) is 55.6 Å². The Balaban J connectivity index is 1.78. The number of hydrogen-bond donors (Lipinski definition) is 1. The van der Waals surface area contributed by atoms with Crippen LogP contribution in [-0.2, 0) is 6.54 Å². The standard InChI is InChI=1S/C15H14N4/c1-11-5-4-7-13(18-11)10-17-15-16-9-12-6-2-3-8-14(12)19-15/h2-9H,10H2,1H3,(H,16,17,19). The SMILES string of the molecule is Cc1cccc(CNc2ncc3ccccc3n2)n1. The number of pyridine rings is 1. The summed E-state index contributed by atoms with van der Waals surface area (Å²) in [6, 6.07) is 13.9. The van der Waals surface area contributed by atoms with Crippen molar-refractivity contribution in [2.75, 3.05) is 5.32 Å². The van der Waals surface area contributed by atoms with Crippen molar-refractivity contribution in [1.82, 2.24) is 15.0 Å². The van der Waals surface area contributed by atoms with Crippen molar-refractivity contribution < 1.29 is 0 Å². The molecule has 19 heavy (non-hydrogen) atoms. The zero-order chi connectivity index (χ0) is 13.1. The lowest BCUT2D eigenvalue weighted by Gasteiger charge is -2.05. The summed E-state index contributed by atoms with van der Waals surface area (Å²) in [5.74, 6) is 0.627. The molecule has 0 bridgehead atoms. The Bertz CT molecular complexity index is 709. The average molecular weight is 250 g/mol. The number of aryl methyl sites for hydroxylation is 1. The second-order valence-corrected chi connectivity index (χ2v) is 4.38. The molecule has 1 aromatic carbocycles. The molecule has 0 aliphatic rings. The van der Waals surface area contributed by atoms with Gasteiger partial charge in [-0.3, -0.25) is 4.98 Å². The topological polar surface area (TPSA) is 50.7 Å². The van der Waals surface area contributed by atoms with Crippen LogP contribution in [0.5, 0.6) is 0 Å². The Morgan fingerprint density at radius 1 is 1.00 bits per heavy atom. The van der Waals surface area contributed by atoms with E-state index in [9.17, 15) is 0 Å². The average Bonchev–Trinajstić information content (AvgIpc) is 2.45. The highest BCUT2D eigenvalue weighted by molar-refractivity contribution is 5.78. The first-order valence-electron chi connectivity index (χ1n) is 6.19. The number of nitrogens with one attached hydrogen (secondary N) is 1. The van der Waals surface area contributed by atoms with Crippen LogP contribution in [0.2, 0.25) is 0 Å². The van der Waals surface area contributed by atoms with Gasteiger partial charge >= 0.3 is 0 Å². The van der Waals surface area contributed by atoms with E-state index >= 15 is 0 Å². The lowest BCUT2D eigenvalue weighted by molar-refractivity contribution is 0.989. The van der Waals surface area contributed by atoms with Gasteiger partial charge in [-0.05, 0) is 25.1 Å². The van der Waals surface area contributed by atoms with E-state index < -0.39 is 0 Å². The molecule has 1 N–H and O–H groups in total. The Morgan fingerprint density at radius 3 is 2.79 bits per heavy atom. The number of anilines is 1. The summed E-state index contributed by atoms with van der Waals surface area (Å²) < 4.78 is 0. The van der Waals surface area contributed by atoms with Crippen molar-refractivity contribution >= 4 is 16.9 Å². The summed E-state index contributed by atoms with van der Waals surface area (Å²) in [6.45, 7) is 2.61. The lowest BCUT2D eigenvalue weighted by Crippen LogP contribution is -2.05. The molecule has 4 heteroatoms. The van der Waals surface area contributed by atoms with E-state index in [4.69, 9.17) is 0 Å². The third-order valence-electron chi connectivity index (χ3n) is 2.86. The number of rotatable bonds is 3. The van der Waals surface area contributed by atoms with E-state index in [0.717, 1.165) is 22.3 Å². The third kappa shape index (κ3) is 2.68. The zero-order valence-corrected chi connectivity index (χ0v) is 10.7. The molecule has 94 valence electrons. The van der Waals surface area contributed by atoms with Crippen molar-refractivity contribution in [2.24, 2.45) is 0 Å². The van der Waals surface area contributed by atoms with Crippen LogP contribution in [0.4, 0.5) is 5.95 Å². The van der Waals surface area contributed by atoms with Crippen LogP contribution in [-0.4, -0.2) is 15.0 Å². The van der Waals surface area contributed by atoms with E-state index in [0.29, 0.717) is 12.5 Å². The molecule has 0 atom stereocenters. The Morgan fingerprint density at radius 2 is 1.89 bits per heavy atom. The fraction of sp³-hybridized carbons (Fsp3) is 0.133. The van der Waals surface area contributed by atoms with Crippen molar-refractivity contribution in [3.05, 3.63) is 60.0 Å². The predicted molar refractivity (Wildman–Crippen MR) is 75.8 cm³/mol. The molecule has 2 heterocycles. The fourth-order valence-corrected chi connectivity index (χ4v) is 1.92. The van der Waals surface area contributed by atoms with Crippen molar-refractivity contribution in [2.45, 2.75) is 13.5 Å². The summed E-state index contributed by atoms with van der Waals surface area (Å²) in [7, 11) is 0.